The van der Waals surface area contributed by atoms with Gasteiger partial charge in [-0.25, -0.2) is 0 Å². The normalized spacial score (nSPS) is 20.8. The largest absolute Gasteiger partial charge is 0.416 e. The summed E-state index contributed by atoms with van der Waals surface area (Å²) in [6.07, 6.45) is -3.96. The molecule has 1 aliphatic heterocycles. The Bertz CT molecular complexity index is 1140. The Morgan fingerprint density at radius 3 is 2.50 bits per heavy atom. The Morgan fingerprint density at radius 1 is 1.21 bits per heavy atom. The number of aryl methyl sites for hydroxylation is 2. The number of imide groups is 1. The van der Waals surface area contributed by atoms with Gasteiger partial charge in [-0.05, 0) is 44.4 Å². The molecule has 2 aromatic rings. The Labute approximate surface area is 195 Å². The van der Waals surface area contributed by atoms with Gasteiger partial charge >= 0.3 is 6.18 Å². The molecule has 34 heavy (non-hydrogen) atoms. The van der Waals surface area contributed by atoms with Crippen LogP contribution in [0.15, 0.2) is 30.3 Å². The van der Waals surface area contributed by atoms with E-state index < -0.39 is 34.9 Å². The molecule has 1 aromatic carbocycles. The zero-order chi connectivity index (χ0) is 24.8. The average molecular weight is 476 g/mol. The number of carbonyl (C=O) groups is 3. The molecule has 1 unspecified atom stereocenters. The van der Waals surface area contributed by atoms with Crippen LogP contribution in [0.3, 0.4) is 0 Å². The maximum atomic E-state index is 13.5. The summed E-state index contributed by atoms with van der Waals surface area (Å²) in [5.41, 5.74) is -0.727. The topological polar surface area (TPSA) is 75.5 Å². The molecule has 1 aromatic heterocycles. The lowest BCUT2D eigenvalue weighted by atomic mass is 9.75. The molecular weight excluding hydrogens is 449 g/mol. The van der Waals surface area contributed by atoms with Crippen molar-refractivity contribution in [3.8, 4) is 0 Å². The summed E-state index contributed by atoms with van der Waals surface area (Å²) in [6, 6.07) is 6.12. The molecule has 1 atom stereocenters. The number of nitrogens with zero attached hydrogens (tertiary/aromatic N) is 4. The number of alkyl halides is 3. The highest BCUT2D eigenvalue weighted by atomic mass is 19.4. The lowest BCUT2D eigenvalue weighted by Crippen LogP contribution is -2.44. The minimum atomic E-state index is -4.61. The predicted molar refractivity (Wildman–Crippen MR) is 117 cm³/mol. The predicted octanol–water partition coefficient (Wildman–Crippen LogP) is 3.23. The molecule has 182 valence electrons. The molecule has 0 radical (unpaired) electrons. The summed E-state index contributed by atoms with van der Waals surface area (Å²) >= 11 is 0. The van der Waals surface area contributed by atoms with Crippen molar-refractivity contribution >= 4 is 17.7 Å². The van der Waals surface area contributed by atoms with Crippen LogP contribution in [0, 0.1) is 13.8 Å². The Kier molecular flexibility index (Phi) is 6.03. The first kappa shape index (κ1) is 24.0. The van der Waals surface area contributed by atoms with Gasteiger partial charge in [0.1, 0.15) is 0 Å². The number of carbonyl (C=O) groups excluding carboxylic acids is 3. The Morgan fingerprint density at radius 2 is 1.91 bits per heavy atom. The molecule has 1 saturated heterocycles. The van der Waals surface area contributed by atoms with Gasteiger partial charge in [0.25, 0.3) is 0 Å². The maximum absolute atomic E-state index is 13.5. The third-order valence-corrected chi connectivity index (χ3v) is 6.63. The molecule has 0 N–H and O–H groups in total. The molecular formula is C24H27F3N4O3. The highest BCUT2D eigenvalue weighted by Crippen LogP contribution is 2.45. The van der Waals surface area contributed by atoms with Crippen LogP contribution in [0.25, 0.3) is 0 Å². The number of likely N-dealkylation sites (tertiary alicyclic amines) is 1. The van der Waals surface area contributed by atoms with E-state index >= 15 is 0 Å². The molecule has 2 fully saturated rings. The average Bonchev–Trinajstić information content (AvgIpc) is 3.49. The first-order valence-corrected chi connectivity index (χ1v) is 11.2. The third-order valence-electron chi connectivity index (χ3n) is 6.63. The standard InChI is InChI=1S/C24H27F3N4O3/c1-15-11-16(2)30(28-15)10-9-29(3)20(32)13-23(14-21(33)31(22(23)34)19-7-8-19)17-5-4-6-18(12-17)24(25,26)27/h4-6,11-12,19H,7-10,13-14H2,1-3H3. The second-order valence-corrected chi connectivity index (χ2v) is 9.28. The molecule has 2 aliphatic rings. The first-order chi connectivity index (χ1) is 15.9. The van der Waals surface area contributed by atoms with Gasteiger partial charge in [-0.2, -0.15) is 18.3 Å². The fourth-order valence-electron chi connectivity index (χ4n) is 4.59. The second kappa shape index (κ2) is 8.56. The quantitative estimate of drug-likeness (QED) is 0.575. The van der Waals surface area contributed by atoms with Crippen LogP contribution in [0.1, 0.15) is 48.2 Å². The van der Waals surface area contributed by atoms with E-state index in [0.717, 1.165) is 28.4 Å². The van der Waals surface area contributed by atoms with Crippen molar-refractivity contribution in [2.75, 3.05) is 13.6 Å². The van der Waals surface area contributed by atoms with E-state index in [1.54, 1.807) is 11.7 Å². The lowest BCUT2D eigenvalue weighted by Gasteiger charge is -2.30. The molecule has 2 heterocycles. The number of aromatic nitrogens is 2. The van der Waals surface area contributed by atoms with E-state index in [2.05, 4.69) is 5.10 Å². The lowest BCUT2D eigenvalue weighted by molar-refractivity contribution is -0.143. The van der Waals surface area contributed by atoms with Gasteiger partial charge in [0, 0.05) is 38.2 Å². The van der Waals surface area contributed by atoms with E-state index in [1.165, 1.54) is 17.0 Å². The van der Waals surface area contributed by atoms with Crippen LogP contribution >= 0.6 is 0 Å². The highest BCUT2D eigenvalue weighted by molar-refractivity contribution is 6.11. The van der Waals surface area contributed by atoms with Crippen LogP contribution in [0.4, 0.5) is 13.2 Å². The van der Waals surface area contributed by atoms with E-state index in [1.807, 2.05) is 19.9 Å². The van der Waals surface area contributed by atoms with E-state index in [4.69, 9.17) is 0 Å². The van der Waals surface area contributed by atoms with Crippen LogP contribution in [-0.2, 0) is 32.5 Å². The van der Waals surface area contributed by atoms with Crippen molar-refractivity contribution in [3.63, 3.8) is 0 Å². The third kappa shape index (κ3) is 4.45. The van der Waals surface area contributed by atoms with Gasteiger partial charge < -0.3 is 4.90 Å². The van der Waals surface area contributed by atoms with Gasteiger partial charge in [0.05, 0.1) is 23.2 Å². The van der Waals surface area contributed by atoms with Crippen LogP contribution in [-0.4, -0.2) is 56.9 Å². The van der Waals surface area contributed by atoms with Crippen LogP contribution in [0.5, 0.6) is 0 Å². The minimum Gasteiger partial charge on any atom is -0.344 e. The Balaban J connectivity index is 1.61. The molecule has 7 nitrogen and oxygen atoms in total. The van der Waals surface area contributed by atoms with Gasteiger partial charge in [0.2, 0.25) is 17.7 Å². The number of benzene rings is 1. The number of likely N-dealkylation sites (N-methyl/N-ethyl adjacent to an activating group) is 1. The number of hydrogen-bond acceptors (Lipinski definition) is 4. The summed E-state index contributed by atoms with van der Waals surface area (Å²) in [5.74, 6) is -1.44. The molecule has 0 spiro atoms. The smallest absolute Gasteiger partial charge is 0.344 e. The number of amides is 3. The fraction of sp³-hybridized carbons (Fsp3) is 0.500. The minimum absolute atomic E-state index is 0.0455. The number of rotatable bonds is 7. The van der Waals surface area contributed by atoms with Crippen molar-refractivity contribution in [3.05, 3.63) is 52.8 Å². The van der Waals surface area contributed by atoms with Crippen molar-refractivity contribution in [2.45, 2.75) is 63.7 Å². The van der Waals surface area contributed by atoms with E-state index in [-0.39, 0.29) is 24.4 Å². The zero-order valence-corrected chi connectivity index (χ0v) is 19.4. The van der Waals surface area contributed by atoms with Gasteiger partial charge in [-0.1, -0.05) is 18.2 Å². The summed E-state index contributed by atoms with van der Waals surface area (Å²) in [7, 11) is 1.58. The molecule has 0 bridgehead atoms. The van der Waals surface area contributed by atoms with Gasteiger partial charge in [0.15, 0.2) is 0 Å². The zero-order valence-electron chi connectivity index (χ0n) is 19.4. The summed E-state index contributed by atoms with van der Waals surface area (Å²) in [5, 5.41) is 4.36. The van der Waals surface area contributed by atoms with Crippen molar-refractivity contribution in [2.24, 2.45) is 0 Å². The second-order valence-electron chi connectivity index (χ2n) is 9.28. The maximum Gasteiger partial charge on any atom is 0.416 e. The summed E-state index contributed by atoms with van der Waals surface area (Å²) in [4.78, 5) is 42.1. The SMILES string of the molecule is Cc1cc(C)n(CCN(C)C(=O)CC2(c3cccc(C(F)(F)F)c3)CC(=O)N(C3CC3)C2=O)n1. The first-order valence-electron chi connectivity index (χ1n) is 11.2. The van der Waals surface area contributed by atoms with E-state index in [9.17, 15) is 27.6 Å². The van der Waals surface area contributed by atoms with Gasteiger partial charge in [-0.15, -0.1) is 0 Å². The van der Waals surface area contributed by atoms with Gasteiger partial charge in [-0.3, -0.25) is 24.0 Å². The molecule has 3 amide bonds. The summed E-state index contributed by atoms with van der Waals surface area (Å²) in [6.45, 7) is 4.50. The van der Waals surface area contributed by atoms with Crippen molar-refractivity contribution in [1.82, 2.24) is 19.6 Å². The molecule has 1 aliphatic carbocycles. The number of hydrogen-bond donors (Lipinski definition) is 0. The molecule has 4 rings (SSSR count). The fourth-order valence-corrected chi connectivity index (χ4v) is 4.59. The molecule has 1 saturated carbocycles. The van der Waals surface area contributed by atoms with Crippen LogP contribution < -0.4 is 0 Å². The monoisotopic (exact) mass is 476 g/mol. The Hall–Kier alpha value is -3.17. The highest BCUT2D eigenvalue weighted by Gasteiger charge is 2.57. The van der Waals surface area contributed by atoms with Crippen LogP contribution in [0.2, 0.25) is 0 Å². The number of halogens is 3. The van der Waals surface area contributed by atoms with Crippen molar-refractivity contribution < 1.29 is 27.6 Å². The van der Waals surface area contributed by atoms with E-state index in [0.29, 0.717) is 25.9 Å². The van der Waals surface area contributed by atoms with Crippen molar-refractivity contribution in [1.29, 1.82) is 0 Å². The summed E-state index contributed by atoms with van der Waals surface area (Å²) < 4.78 is 42.0. The molecule has 10 heteroatoms.